The number of hydrogen-bond acceptors (Lipinski definition) is 6. The Labute approximate surface area is 141 Å². The van der Waals surface area contributed by atoms with Crippen LogP contribution in [0.25, 0.3) is 0 Å². The molecule has 0 radical (unpaired) electrons. The molecule has 0 aliphatic carbocycles. The van der Waals surface area contributed by atoms with Gasteiger partial charge < -0.3 is 9.30 Å². The number of fused-ring (bicyclic) bond motifs is 1. The monoisotopic (exact) mass is 364 g/mol. The lowest BCUT2D eigenvalue weighted by Crippen LogP contribution is -2.49. The van der Waals surface area contributed by atoms with E-state index in [1.807, 2.05) is 0 Å². The first-order valence-electron chi connectivity index (χ1n) is 7.45. The van der Waals surface area contributed by atoms with Crippen LogP contribution in [0, 0.1) is 0 Å². The predicted molar refractivity (Wildman–Crippen MR) is 77.8 cm³/mol. The van der Waals surface area contributed by atoms with Gasteiger partial charge in [-0.3, -0.25) is 15.1 Å². The molecule has 0 spiro atoms. The Bertz CT molecular complexity index is 652. The van der Waals surface area contributed by atoms with E-state index in [9.17, 15) is 22.8 Å². The highest BCUT2D eigenvalue weighted by atomic mass is 19.4. The normalized spacial score (nSPS) is 15.4. The highest BCUT2D eigenvalue weighted by molar-refractivity contribution is 5.80. The Hall–Kier alpha value is -2.37. The summed E-state index contributed by atoms with van der Waals surface area (Å²) >= 11 is 0. The van der Waals surface area contributed by atoms with Gasteiger partial charge in [0.1, 0.15) is 11.4 Å². The highest BCUT2D eigenvalue weighted by Gasteiger charge is 2.39. The summed E-state index contributed by atoms with van der Waals surface area (Å²) < 4.78 is 44.2. The zero-order chi connectivity index (χ0) is 18.8. The van der Waals surface area contributed by atoms with Gasteiger partial charge in [-0.05, 0) is 20.8 Å². The van der Waals surface area contributed by atoms with E-state index < -0.39 is 29.6 Å². The Morgan fingerprint density at radius 3 is 2.44 bits per heavy atom. The Morgan fingerprint density at radius 2 is 1.84 bits per heavy atom. The van der Waals surface area contributed by atoms with E-state index in [1.165, 1.54) is 0 Å². The molecule has 140 valence electrons. The van der Waals surface area contributed by atoms with Crippen LogP contribution in [0.2, 0.25) is 0 Å². The van der Waals surface area contributed by atoms with Crippen molar-refractivity contribution in [3.05, 3.63) is 11.6 Å². The quantitative estimate of drug-likeness (QED) is 0.748. The van der Waals surface area contributed by atoms with Crippen molar-refractivity contribution in [2.24, 2.45) is 0 Å². The van der Waals surface area contributed by atoms with E-state index in [2.05, 4.69) is 21.0 Å². The molecule has 0 aromatic carbocycles. The lowest BCUT2D eigenvalue weighted by atomic mass is 10.2. The van der Waals surface area contributed by atoms with Crippen LogP contribution in [0.4, 0.5) is 18.0 Å². The number of halogens is 3. The molecule has 0 saturated carbocycles. The van der Waals surface area contributed by atoms with E-state index >= 15 is 0 Å². The fourth-order valence-corrected chi connectivity index (χ4v) is 2.22. The minimum Gasteiger partial charge on any atom is -0.443 e. The van der Waals surface area contributed by atoms with Gasteiger partial charge in [0.05, 0.1) is 13.1 Å². The molecule has 0 saturated heterocycles. The van der Waals surface area contributed by atoms with Gasteiger partial charge in [-0.2, -0.15) is 13.2 Å². The first kappa shape index (κ1) is 19.0. The minimum atomic E-state index is -4.57. The van der Waals surface area contributed by atoms with Crippen LogP contribution in [0.15, 0.2) is 0 Å². The summed E-state index contributed by atoms with van der Waals surface area (Å²) in [6.45, 7) is 5.18. The number of alkyl halides is 3. The summed E-state index contributed by atoms with van der Waals surface area (Å²) in [5, 5.41) is 6.69. The van der Waals surface area contributed by atoms with Gasteiger partial charge in [0.15, 0.2) is 0 Å². The summed E-state index contributed by atoms with van der Waals surface area (Å²) in [6.07, 6.45) is -5.38. The van der Waals surface area contributed by atoms with Gasteiger partial charge in [0, 0.05) is 13.1 Å². The van der Waals surface area contributed by atoms with Crippen molar-refractivity contribution in [3.63, 3.8) is 0 Å². The van der Waals surface area contributed by atoms with E-state index in [4.69, 9.17) is 4.74 Å². The van der Waals surface area contributed by atoms with Crippen molar-refractivity contribution >= 4 is 12.0 Å². The van der Waals surface area contributed by atoms with Crippen LogP contribution < -0.4 is 10.9 Å². The van der Waals surface area contributed by atoms with Crippen LogP contribution in [-0.4, -0.2) is 50.4 Å². The third-order valence-electron chi connectivity index (χ3n) is 3.16. The van der Waals surface area contributed by atoms with Gasteiger partial charge in [-0.25, -0.2) is 10.2 Å². The molecule has 0 atom stereocenters. The molecule has 9 nitrogen and oxygen atoms in total. The SMILES string of the molecule is CC(C)(C)OC(=O)NNC(=O)CN1CCn2c(nnc2C(F)(F)F)C1. The standard InChI is InChI=1S/C13H19F3N6O3/c1-12(2,3)25-11(24)20-18-9(23)7-21-4-5-22-8(6-21)17-19-10(22)13(14,15)16/h4-7H2,1-3H3,(H,18,23)(H,20,24). The van der Waals surface area contributed by atoms with E-state index in [-0.39, 0.29) is 32.0 Å². The lowest BCUT2D eigenvalue weighted by molar-refractivity contribution is -0.148. The maximum atomic E-state index is 12.8. The number of carbonyl (C=O) groups is 2. The number of hydrogen-bond donors (Lipinski definition) is 2. The number of hydrazine groups is 1. The average molecular weight is 364 g/mol. The summed E-state index contributed by atoms with van der Waals surface area (Å²) in [5.74, 6) is -1.44. The van der Waals surface area contributed by atoms with Gasteiger partial charge in [-0.15, -0.1) is 10.2 Å². The zero-order valence-corrected chi connectivity index (χ0v) is 14.0. The molecule has 0 fully saturated rings. The summed E-state index contributed by atoms with van der Waals surface area (Å²) in [6, 6.07) is 0. The van der Waals surface area contributed by atoms with Crippen LogP contribution >= 0.6 is 0 Å². The molecule has 2 amide bonds. The highest BCUT2D eigenvalue weighted by Crippen LogP contribution is 2.29. The first-order chi connectivity index (χ1) is 11.5. The van der Waals surface area contributed by atoms with Crippen molar-refractivity contribution in [2.45, 2.75) is 45.6 Å². The van der Waals surface area contributed by atoms with Crippen molar-refractivity contribution in [1.29, 1.82) is 0 Å². The number of nitrogens with one attached hydrogen (secondary N) is 2. The molecule has 1 aromatic heterocycles. The topological polar surface area (TPSA) is 101 Å². The number of carbonyl (C=O) groups excluding carboxylic acids is 2. The van der Waals surface area contributed by atoms with E-state index in [0.29, 0.717) is 0 Å². The van der Waals surface area contributed by atoms with Gasteiger partial charge in [0.25, 0.3) is 5.91 Å². The number of rotatable bonds is 2. The van der Waals surface area contributed by atoms with Gasteiger partial charge in [0.2, 0.25) is 5.82 Å². The largest absolute Gasteiger partial charge is 0.451 e. The molecule has 0 bridgehead atoms. The second-order valence-corrected chi connectivity index (χ2v) is 6.47. The molecule has 25 heavy (non-hydrogen) atoms. The molecule has 2 rings (SSSR count). The van der Waals surface area contributed by atoms with E-state index in [0.717, 1.165) is 4.57 Å². The molecule has 12 heteroatoms. The number of nitrogens with zero attached hydrogens (tertiary/aromatic N) is 4. The third kappa shape index (κ3) is 5.31. The minimum absolute atomic E-state index is 0.0178. The first-order valence-corrected chi connectivity index (χ1v) is 7.45. The number of ether oxygens (including phenoxy) is 1. The smallest absolute Gasteiger partial charge is 0.443 e. The molecule has 2 heterocycles. The summed E-state index contributed by atoms with van der Waals surface area (Å²) in [4.78, 5) is 24.8. The van der Waals surface area contributed by atoms with Crippen molar-refractivity contribution in [1.82, 2.24) is 30.5 Å². The van der Waals surface area contributed by atoms with Crippen LogP contribution in [0.5, 0.6) is 0 Å². The predicted octanol–water partition coefficient (Wildman–Crippen LogP) is 0.668. The summed E-state index contributed by atoms with van der Waals surface area (Å²) in [7, 11) is 0. The van der Waals surface area contributed by atoms with Gasteiger partial charge >= 0.3 is 12.3 Å². The fourth-order valence-electron chi connectivity index (χ4n) is 2.22. The number of amides is 2. The molecular formula is C13H19F3N6O3. The van der Waals surface area contributed by atoms with Crippen LogP contribution in [-0.2, 0) is 28.8 Å². The maximum absolute atomic E-state index is 12.8. The Balaban J connectivity index is 1.84. The Morgan fingerprint density at radius 1 is 1.16 bits per heavy atom. The molecule has 1 aromatic rings. The molecule has 2 N–H and O–H groups in total. The van der Waals surface area contributed by atoms with Crippen LogP contribution in [0.3, 0.4) is 0 Å². The second kappa shape index (κ2) is 6.86. The molecule has 0 unspecified atom stereocenters. The second-order valence-electron chi connectivity index (χ2n) is 6.47. The molecule has 1 aliphatic heterocycles. The van der Waals surface area contributed by atoms with Gasteiger partial charge in [-0.1, -0.05) is 0 Å². The molecule has 1 aliphatic rings. The van der Waals surface area contributed by atoms with E-state index in [1.54, 1.807) is 25.7 Å². The average Bonchev–Trinajstić information content (AvgIpc) is 2.86. The Kier molecular flexibility index (Phi) is 5.20. The zero-order valence-electron chi connectivity index (χ0n) is 14.0. The molecular weight excluding hydrogens is 345 g/mol. The summed E-state index contributed by atoms with van der Waals surface area (Å²) in [5.41, 5.74) is 3.57. The maximum Gasteiger partial charge on any atom is 0.451 e. The van der Waals surface area contributed by atoms with Crippen LogP contribution in [0.1, 0.15) is 32.4 Å². The lowest BCUT2D eigenvalue weighted by Gasteiger charge is -2.27. The van der Waals surface area contributed by atoms with Crippen molar-refractivity contribution in [3.8, 4) is 0 Å². The van der Waals surface area contributed by atoms with Crippen molar-refractivity contribution < 1.29 is 27.5 Å². The number of aromatic nitrogens is 3. The fraction of sp³-hybridized carbons (Fsp3) is 0.692. The van der Waals surface area contributed by atoms with Crippen molar-refractivity contribution in [2.75, 3.05) is 13.1 Å². The third-order valence-corrected chi connectivity index (χ3v) is 3.16.